The Hall–Kier alpha value is -0.870. The SMILES string of the molecule is Cn1cc(CN2CCCC2CCCN)cn1. The van der Waals surface area contributed by atoms with Gasteiger partial charge in [0.2, 0.25) is 0 Å². The Bertz CT molecular complexity index is 321. The van der Waals surface area contributed by atoms with Crippen LogP contribution in [-0.2, 0) is 13.6 Å². The molecule has 1 aliphatic heterocycles. The molecule has 1 fully saturated rings. The van der Waals surface area contributed by atoms with E-state index in [9.17, 15) is 0 Å². The van der Waals surface area contributed by atoms with Gasteiger partial charge in [0, 0.05) is 31.4 Å². The molecule has 0 amide bonds. The summed E-state index contributed by atoms with van der Waals surface area (Å²) in [6.07, 6.45) is 9.14. The maximum Gasteiger partial charge on any atom is 0.0534 e. The Morgan fingerprint density at radius 3 is 3.12 bits per heavy atom. The van der Waals surface area contributed by atoms with E-state index in [4.69, 9.17) is 5.73 Å². The lowest BCUT2D eigenvalue weighted by Gasteiger charge is -2.23. The molecule has 16 heavy (non-hydrogen) atoms. The van der Waals surface area contributed by atoms with Crippen molar-refractivity contribution >= 4 is 0 Å². The minimum Gasteiger partial charge on any atom is -0.330 e. The molecule has 90 valence electrons. The first-order chi connectivity index (χ1) is 7.79. The number of aromatic nitrogens is 2. The van der Waals surface area contributed by atoms with Gasteiger partial charge >= 0.3 is 0 Å². The van der Waals surface area contributed by atoms with Gasteiger partial charge in [-0.2, -0.15) is 5.10 Å². The second-order valence-corrected chi connectivity index (χ2v) is 4.72. The lowest BCUT2D eigenvalue weighted by molar-refractivity contribution is 0.232. The molecular formula is C12H22N4. The van der Waals surface area contributed by atoms with Crippen molar-refractivity contribution in [2.45, 2.75) is 38.3 Å². The molecule has 2 heterocycles. The van der Waals surface area contributed by atoms with Crippen molar-refractivity contribution in [2.24, 2.45) is 12.8 Å². The Morgan fingerprint density at radius 1 is 1.56 bits per heavy atom. The molecule has 4 heteroatoms. The minimum absolute atomic E-state index is 0.740. The van der Waals surface area contributed by atoms with Crippen molar-refractivity contribution in [3.8, 4) is 0 Å². The number of likely N-dealkylation sites (tertiary alicyclic amines) is 1. The summed E-state index contributed by atoms with van der Waals surface area (Å²) in [6.45, 7) is 3.09. The summed E-state index contributed by atoms with van der Waals surface area (Å²) in [5.41, 5.74) is 6.90. The van der Waals surface area contributed by atoms with Crippen LogP contribution in [-0.4, -0.2) is 33.8 Å². The Labute approximate surface area is 97.4 Å². The van der Waals surface area contributed by atoms with Crippen molar-refractivity contribution < 1.29 is 0 Å². The molecule has 1 aliphatic rings. The molecule has 0 spiro atoms. The van der Waals surface area contributed by atoms with E-state index in [-0.39, 0.29) is 0 Å². The van der Waals surface area contributed by atoms with Gasteiger partial charge < -0.3 is 5.73 Å². The van der Waals surface area contributed by atoms with Gasteiger partial charge in [-0.1, -0.05) is 0 Å². The van der Waals surface area contributed by atoms with Crippen molar-refractivity contribution in [1.82, 2.24) is 14.7 Å². The average Bonchev–Trinajstić information content (AvgIpc) is 2.86. The third-order valence-electron chi connectivity index (χ3n) is 3.38. The molecule has 1 unspecified atom stereocenters. The summed E-state index contributed by atoms with van der Waals surface area (Å²) in [7, 11) is 1.97. The zero-order chi connectivity index (χ0) is 11.4. The van der Waals surface area contributed by atoms with Crippen LogP contribution in [0.25, 0.3) is 0 Å². The summed E-state index contributed by atoms with van der Waals surface area (Å²) >= 11 is 0. The van der Waals surface area contributed by atoms with E-state index in [0.717, 1.165) is 25.6 Å². The van der Waals surface area contributed by atoms with Gasteiger partial charge in [-0.3, -0.25) is 9.58 Å². The largest absolute Gasteiger partial charge is 0.330 e. The fourth-order valence-electron chi connectivity index (χ4n) is 2.57. The van der Waals surface area contributed by atoms with Crippen molar-refractivity contribution in [3.05, 3.63) is 18.0 Å². The van der Waals surface area contributed by atoms with Crippen LogP contribution in [0.5, 0.6) is 0 Å². The first-order valence-corrected chi connectivity index (χ1v) is 6.21. The molecule has 1 aromatic rings. The number of nitrogens with zero attached hydrogens (tertiary/aromatic N) is 3. The van der Waals surface area contributed by atoms with Gasteiger partial charge in [0.15, 0.2) is 0 Å². The van der Waals surface area contributed by atoms with E-state index in [1.165, 1.54) is 31.4 Å². The number of hydrogen-bond acceptors (Lipinski definition) is 3. The van der Waals surface area contributed by atoms with E-state index in [1.807, 2.05) is 17.9 Å². The molecule has 1 aromatic heterocycles. The lowest BCUT2D eigenvalue weighted by atomic mass is 10.1. The van der Waals surface area contributed by atoms with Crippen LogP contribution < -0.4 is 5.73 Å². The maximum absolute atomic E-state index is 5.58. The van der Waals surface area contributed by atoms with Crippen LogP contribution in [0, 0.1) is 0 Å². The Kier molecular flexibility index (Phi) is 3.96. The maximum atomic E-state index is 5.58. The van der Waals surface area contributed by atoms with E-state index in [0.29, 0.717) is 0 Å². The van der Waals surface area contributed by atoms with Crippen molar-refractivity contribution in [2.75, 3.05) is 13.1 Å². The highest BCUT2D eigenvalue weighted by molar-refractivity contribution is 5.04. The first-order valence-electron chi connectivity index (χ1n) is 6.21. The van der Waals surface area contributed by atoms with Crippen LogP contribution in [0.2, 0.25) is 0 Å². The molecule has 4 nitrogen and oxygen atoms in total. The summed E-state index contributed by atoms with van der Waals surface area (Å²) in [5, 5.41) is 4.22. The van der Waals surface area contributed by atoms with Gasteiger partial charge in [-0.05, 0) is 38.8 Å². The van der Waals surface area contributed by atoms with Gasteiger partial charge in [0.25, 0.3) is 0 Å². The molecule has 1 saturated heterocycles. The Balaban J connectivity index is 1.88. The number of hydrogen-bond donors (Lipinski definition) is 1. The third-order valence-corrected chi connectivity index (χ3v) is 3.38. The normalized spacial score (nSPS) is 21.8. The van der Waals surface area contributed by atoms with Crippen LogP contribution in [0.3, 0.4) is 0 Å². The molecule has 0 aromatic carbocycles. The van der Waals surface area contributed by atoms with Crippen LogP contribution in [0.1, 0.15) is 31.2 Å². The van der Waals surface area contributed by atoms with Crippen LogP contribution in [0.4, 0.5) is 0 Å². The van der Waals surface area contributed by atoms with Crippen LogP contribution >= 0.6 is 0 Å². The first kappa shape index (κ1) is 11.6. The average molecular weight is 222 g/mol. The zero-order valence-electron chi connectivity index (χ0n) is 10.1. The fraction of sp³-hybridized carbons (Fsp3) is 0.750. The highest BCUT2D eigenvalue weighted by atomic mass is 15.2. The monoisotopic (exact) mass is 222 g/mol. The number of nitrogens with two attached hydrogens (primary N) is 1. The summed E-state index contributed by atoms with van der Waals surface area (Å²) < 4.78 is 1.88. The molecule has 2 rings (SSSR count). The summed E-state index contributed by atoms with van der Waals surface area (Å²) in [4.78, 5) is 2.58. The highest BCUT2D eigenvalue weighted by Crippen LogP contribution is 2.23. The van der Waals surface area contributed by atoms with Crippen molar-refractivity contribution in [3.63, 3.8) is 0 Å². The smallest absolute Gasteiger partial charge is 0.0534 e. The molecule has 0 saturated carbocycles. The minimum atomic E-state index is 0.740. The molecular weight excluding hydrogens is 200 g/mol. The molecule has 1 atom stereocenters. The predicted octanol–water partition coefficient (Wildman–Crippen LogP) is 1.12. The standard InChI is InChI=1S/C12H22N4/c1-15-9-11(8-14-15)10-16-7-3-5-12(16)4-2-6-13/h8-9,12H,2-7,10,13H2,1H3. The van der Waals surface area contributed by atoms with Gasteiger partial charge in [0.1, 0.15) is 0 Å². The Morgan fingerprint density at radius 2 is 2.44 bits per heavy atom. The van der Waals surface area contributed by atoms with E-state index in [2.05, 4.69) is 16.2 Å². The summed E-state index contributed by atoms with van der Waals surface area (Å²) in [6, 6.07) is 0.740. The molecule has 0 bridgehead atoms. The van der Waals surface area contributed by atoms with Crippen LogP contribution in [0.15, 0.2) is 12.4 Å². The lowest BCUT2D eigenvalue weighted by Crippen LogP contribution is -2.29. The fourth-order valence-corrected chi connectivity index (χ4v) is 2.57. The van der Waals surface area contributed by atoms with E-state index in [1.54, 1.807) is 0 Å². The third kappa shape index (κ3) is 2.83. The molecule has 2 N–H and O–H groups in total. The van der Waals surface area contributed by atoms with Gasteiger partial charge in [-0.15, -0.1) is 0 Å². The van der Waals surface area contributed by atoms with E-state index < -0.39 is 0 Å². The predicted molar refractivity (Wildman–Crippen MR) is 64.9 cm³/mol. The second kappa shape index (κ2) is 5.46. The number of rotatable bonds is 5. The molecule has 0 radical (unpaired) electrons. The summed E-state index contributed by atoms with van der Waals surface area (Å²) in [5.74, 6) is 0. The van der Waals surface area contributed by atoms with Gasteiger partial charge in [-0.25, -0.2) is 0 Å². The zero-order valence-corrected chi connectivity index (χ0v) is 10.1. The second-order valence-electron chi connectivity index (χ2n) is 4.72. The number of aryl methyl sites for hydroxylation is 1. The van der Waals surface area contributed by atoms with Gasteiger partial charge in [0.05, 0.1) is 6.20 Å². The highest BCUT2D eigenvalue weighted by Gasteiger charge is 2.23. The topological polar surface area (TPSA) is 47.1 Å². The van der Waals surface area contributed by atoms with Crippen molar-refractivity contribution in [1.29, 1.82) is 0 Å². The van der Waals surface area contributed by atoms with E-state index >= 15 is 0 Å². The molecule has 0 aliphatic carbocycles. The quantitative estimate of drug-likeness (QED) is 0.812.